The largest absolute Gasteiger partial charge is 0.273 e. The molecule has 0 atom stereocenters. The molecule has 0 aliphatic carbocycles. The molecule has 81 valence electrons. The van der Waals surface area contributed by atoms with E-state index in [9.17, 15) is 0 Å². The highest BCUT2D eigenvalue weighted by Crippen LogP contribution is 2.08. The third kappa shape index (κ3) is 4.70. The Bertz CT molecular complexity index is 323. The summed E-state index contributed by atoms with van der Waals surface area (Å²) >= 11 is 8.54. The fraction of sp³-hybridized carbons (Fsp3) is 0.333. The van der Waals surface area contributed by atoms with E-state index in [1.165, 1.54) is 23.6 Å². The van der Waals surface area contributed by atoms with Crippen LogP contribution in [0.1, 0.15) is 31.7 Å². The molecule has 0 heterocycles. The van der Waals surface area contributed by atoms with E-state index in [2.05, 4.69) is 65.1 Å². The summed E-state index contributed by atoms with van der Waals surface area (Å²) in [5.74, 6) is 0. The lowest BCUT2D eigenvalue weighted by Gasteiger charge is -2.04. The highest BCUT2D eigenvalue weighted by atomic mass is 127. The smallest absolute Gasteiger partial charge is 0.148 e. The molecule has 0 aliphatic heterocycles. The molecular weight excluding hydrogens is 335 g/mol. The van der Waals surface area contributed by atoms with Crippen LogP contribution in [0.5, 0.6) is 0 Å². The third-order valence-electron chi connectivity index (χ3n) is 2.19. The van der Waals surface area contributed by atoms with Gasteiger partial charge in [0, 0.05) is 0 Å². The molecule has 0 aromatic heterocycles. The van der Waals surface area contributed by atoms with Gasteiger partial charge < -0.3 is 0 Å². The highest BCUT2D eigenvalue weighted by molar-refractivity contribution is 14.1. The first-order chi connectivity index (χ1) is 7.25. The second-order valence-electron chi connectivity index (χ2n) is 3.39. The van der Waals surface area contributed by atoms with Gasteiger partial charge in [0.1, 0.15) is 0 Å². The number of benzene rings is 1. The minimum atomic E-state index is -0.893. The molecular formula is C12H15ClISi. The normalized spacial score (nSPS) is 11.5. The van der Waals surface area contributed by atoms with Crippen molar-refractivity contribution in [2.45, 2.75) is 26.2 Å². The van der Waals surface area contributed by atoms with Crippen molar-refractivity contribution in [3.63, 3.8) is 0 Å². The lowest BCUT2D eigenvalue weighted by atomic mass is 10.1. The van der Waals surface area contributed by atoms with E-state index >= 15 is 0 Å². The molecule has 3 heteroatoms. The fourth-order valence-electron chi connectivity index (χ4n) is 1.35. The zero-order chi connectivity index (χ0) is 11.1. The molecule has 0 bridgehead atoms. The topological polar surface area (TPSA) is 0 Å². The Morgan fingerprint density at radius 2 is 2.13 bits per heavy atom. The van der Waals surface area contributed by atoms with E-state index in [4.69, 9.17) is 11.1 Å². The van der Waals surface area contributed by atoms with Gasteiger partial charge in [-0.05, 0) is 17.2 Å². The van der Waals surface area contributed by atoms with E-state index in [1.807, 2.05) is 0 Å². The number of rotatable bonds is 5. The minimum absolute atomic E-state index is 0.893. The molecule has 0 fully saturated rings. The third-order valence-corrected chi connectivity index (χ3v) is 5.40. The lowest BCUT2D eigenvalue weighted by molar-refractivity contribution is 0.816. The summed E-state index contributed by atoms with van der Waals surface area (Å²) in [6.45, 7) is 2.21. The van der Waals surface area contributed by atoms with Gasteiger partial charge in [-0.1, -0.05) is 78.0 Å². The first kappa shape index (κ1) is 13.3. The van der Waals surface area contributed by atoms with Crippen LogP contribution in [-0.2, 0) is 0 Å². The maximum absolute atomic E-state index is 6.20. The Morgan fingerprint density at radius 1 is 1.40 bits per heavy atom. The van der Waals surface area contributed by atoms with Crippen LogP contribution in [0.15, 0.2) is 30.3 Å². The van der Waals surface area contributed by atoms with Crippen molar-refractivity contribution in [2.75, 3.05) is 0 Å². The summed E-state index contributed by atoms with van der Waals surface area (Å²) in [6, 6.07) is 8.41. The van der Waals surface area contributed by atoms with E-state index in [0.29, 0.717) is 0 Å². The Kier molecular flexibility index (Phi) is 6.60. The quantitative estimate of drug-likeness (QED) is 0.322. The molecule has 0 saturated carbocycles. The predicted octanol–water partition coefficient (Wildman–Crippen LogP) is 4.26. The Hall–Kier alpha value is 0.197. The van der Waals surface area contributed by atoms with Crippen LogP contribution in [0, 0.1) is 0 Å². The Labute approximate surface area is 111 Å². The van der Waals surface area contributed by atoms with E-state index in [-0.39, 0.29) is 0 Å². The molecule has 0 unspecified atom stereocenters. The molecule has 0 nitrogen and oxygen atoms in total. The van der Waals surface area contributed by atoms with Crippen molar-refractivity contribution < 1.29 is 0 Å². The van der Waals surface area contributed by atoms with Gasteiger partial charge in [0.25, 0.3) is 5.60 Å². The maximum atomic E-state index is 6.20. The molecule has 1 aromatic carbocycles. The average Bonchev–Trinajstić information content (AvgIpc) is 2.25. The molecule has 15 heavy (non-hydrogen) atoms. The maximum Gasteiger partial charge on any atom is 0.273 e. The first-order valence-electron chi connectivity index (χ1n) is 5.19. The summed E-state index contributed by atoms with van der Waals surface area (Å²) in [7, 11) is 0. The summed E-state index contributed by atoms with van der Waals surface area (Å²) < 4.78 is 0. The van der Waals surface area contributed by atoms with E-state index < -0.39 is 5.60 Å². The molecule has 1 aromatic rings. The van der Waals surface area contributed by atoms with Crippen molar-refractivity contribution in [2.24, 2.45) is 0 Å². The molecule has 1 radical (unpaired) electrons. The van der Waals surface area contributed by atoms with Gasteiger partial charge in [0.2, 0.25) is 0 Å². The Balaban J connectivity index is 2.71. The summed E-state index contributed by atoms with van der Waals surface area (Å²) in [5.41, 5.74) is 0.391. The summed E-state index contributed by atoms with van der Waals surface area (Å²) in [4.78, 5) is 0. The fourth-order valence-corrected chi connectivity index (χ4v) is 3.94. The molecule has 0 saturated heterocycles. The number of halogens is 2. The van der Waals surface area contributed by atoms with Gasteiger partial charge in [-0.2, -0.15) is 0 Å². The SMILES string of the molecule is CCCCC=Cc1ccccc1[Si](Cl)I. The number of hydrogen-bond acceptors (Lipinski definition) is 0. The van der Waals surface area contributed by atoms with Crippen molar-refractivity contribution in [1.82, 2.24) is 0 Å². The van der Waals surface area contributed by atoms with Crippen LogP contribution in [0.3, 0.4) is 0 Å². The molecule has 1 rings (SSSR count). The van der Waals surface area contributed by atoms with Gasteiger partial charge in [-0.3, -0.25) is 0 Å². The second kappa shape index (κ2) is 7.47. The zero-order valence-corrected chi connectivity index (χ0v) is 12.8. The van der Waals surface area contributed by atoms with Crippen LogP contribution in [0.4, 0.5) is 0 Å². The van der Waals surface area contributed by atoms with Gasteiger partial charge in [-0.25, -0.2) is 0 Å². The van der Waals surface area contributed by atoms with Crippen molar-refractivity contribution >= 4 is 49.7 Å². The lowest BCUT2D eigenvalue weighted by Crippen LogP contribution is -2.20. The monoisotopic (exact) mass is 349 g/mol. The van der Waals surface area contributed by atoms with Crippen LogP contribution in [0.2, 0.25) is 0 Å². The van der Waals surface area contributed by atoms with Crippen molar-refractivity contribution in [3.8, 4) is 0 Å². The molecule has 0 aliphatic rings. The number of hydrogen-bond donors (Lipinski definition) is 0. The predicted molar refractivity (Wildman–Crippen MR) is 80.3 cm³/mol. The van der Waals surface area contributed by atoms with Crippen LogP contribution in [0.25, 0.3) is 6.08 Å². The standard InChI is InChI=1S/C12H15ClISi/c1-2-3-4-5-8-11-9-6-7-10-12(11)15(13)14/h5-10H,2-4H2,1H3. The highest BCUT2D eigenvalue weighted by Gasteiger charge is 2.09. The average molecular weight is 350 g/mol. The molecule has 0 spiro atoms. The van der Waals surface area contributed by atoms with Crippen molar-refractivity contribution in [1.29, 1.82) is 0 Å². The van der Waals surface area contributed by atoms with Gasteiger partial charge in [-0.15, -0.1) is 11.1 Å². The second-order valence-corrected chi connectivity index (χ2v) is 10.7. The first-order valence-corrected chi connectivity index (χ1v) is 10.8. The Morgan fingerprint density at radius 3 is 2.80 bits per heavy atom. The molecule has 0 amide bonds. The van der Waals surface area contributed by atoms with Gasteiger partial charge >= 0.3 is 0 Å². The zero-order valence-electron chi connectivity index (χ0n) is 8.84. The van der Waals surface area contributed by atoms with E-state index in [0.717, 1.165) is 6.42 Å². The van der Waals surface area contributed by atoms with Crippen LogP contribution < -0.4 is 5.19 Å². The summed E-state index contributed by atoms with van der Waals surface area (Å²) in [6.07, 6.45) is 8.14. The molecule has 0 N–H and O–H groups in total. The van der Waals surface area contributed by atoms with Crippen molar-refractivity contribution in [3.05, 3.63) is 35.9 Å². The summed E-state index contributed by atoms with van der Waals surface area (Å²) in [5, 5.41) is 1.30. The number of allylic oxidation sites excluding steroid dienone is 1. The van der Waals surface area contributed by atoms with E-state index in [1.54, 1.807) is 0 Å². The van der Waals surface area contributed by atoms with Gasteiger partial charge in [0.15, 0.2) is 0 Å². The number of unbranched alkanes of at least 4 members (excludes halogenated alkanes) is 2. The van der Waals surface area contributed by atoms with Gasteiger partial charge in [0.05, 0.1) is 0 Å². The minimum Gasteiger partial charge on any atom is -0.148 e. The van der Waals surface area contributed by atoms with Crippen LogP contribution in [-0.4, -0.2) is 5.60 Å². The van der Waals surface area contributed by atoms with Crippen LogP contribution >= 0.6 is 32.9 Å².